The Bertz CT molecular complexity index is 108. The largest absolute Gasteiger partial charge is 0.393 e. The van der Waals surface area contributed by atoms with E-state index in [0.717, 1.165) is 12.8 Å². The lowest BCUT2D eigenvalue weighted by Gasteiger charge is -2.20. The summed E-state index contributed by atoms with van der Waals surface area (Å²) in [5, 5.41) is 9.28. The molecule has 0 spiro atoms. The van der Waals surface area contributed by atoms with Crippen LogP contribution in [0.1, 0.15) is 19.3 Å². The lowest BCUT2D eigenvalue weighted by Crippen LogP contribution is -2.31. The second-order valence-corrected chi connectivity index (χ2v) is 3.46. The first-order chi connectivity index (χ1) is 4.27. The van der Waals surface area contributed by atoms with Crippen LogP contribution < -0.4 is 5.73 Å². The molecule has 0 amide bonds. The van der Waals surface area contributed by atoms with Gasteiger partial charge >= 0.3 is 0 Å². The Hall–Kier alpha value is -0.0800. The van der Waals surface area contributed by atoms with E-state index >= 15 is 0 Å². The van der Waals surface area contributed by atoms with E-state index in [1.54, 1.807) is 0 Å². The highest BCUT2D eigenvalue weighted by molar-refractivity contribution is 4.97. The average molecular weight is 127 g/mol. The van der Waals surface area contributed by atoms with Crippen molar-refractivity contribution in [1.82, 2.24) is 0 Å². The first-order valence-corrected chi connectivity index (χ1v) is 3.71. The van der Waals surface area contributed by atoms with Crippen LogP contribution in [0.15, 0.2) is 0 Å². The number of rotatable bonds is 0. The third kappa shape index (κ3) is 0.700. The van der Waals surface area contributed by atoms with Gasteiger partial charge in [0.25, 0.3) is 0 Å². The highest BCUT2D eigenvalue weighted by Gasteiger charge is 2.43. The van der Waals surface area contributed by atoms with Crippen molar-refractivity contribution in [3.05, 3.63) is 0 Å². The molecule has 0 aromatic heterocycles. The van der Waals surface area contributed by atoms with Crippen molar-refractivity contribution in [2.75, 3.05) is 0 Å². The third-order valence-corrected chi connectivity index (χ3v) is 2.87. The number of hydrogen-bond acceptors (Lipinski definition) is 2. The fourth-order valence-corrected chi connectivity index (χ4v) is 2.29. The summed E-state index contributed by atoms with van der Waals surface area (Å²) in [7, 11) is 0. The van der Waals surface area contributed by atoms with E-state index in [4.69, 9.17) is 5.73 Å². The zero-order chi connectivity index (χ0) is 6.43. The molecule has 52 valence electrons. The summed E-state index contributed by atoms with van der Waals surface area (Å²) in [4.78, 5) is 0. The first-order valence-electron chi connectivity index (χ1n) is 3.71. The smallest absolute Gasteiger partial charge is 0.0572 e. The Kier molecular flexibility index (Phi) is 1.08. The van der Waals surface area contributed by atoms with Gasteiger partial charge in [0.15, 0.2) is 0 Å². The van der Waals surface area contributed by atoms with E-state index in [9.17, 15) is 5.11 Å². The summed E-state index contributed by atoms with van der Waals surface area (Å²) in [5.74, 6) is 1.19. The predicted octanol–water partition coefficient (Wildman–Crippen LogP) is 0.104. The van der Waals surface area contributed by atoms with Crippen molar-refractivity contribution in [2.45, 2.75) is 31.4 Å². The molecule has 2 aliphatic carbocycles. The molecule has 2 saturated carbocycles. The molecular formula is C7H13NO. The van der Waals surface area contributed by atoms with E-state index in [-0.39, 0.29) is 6.10 Å². The van der Waals surface area contributed by atoms with Crippen molar-refractivity contribution < 1.29 is 5.11 Å². The topological polar surface area (TPSA) is 46.2 Å². The molecule has 0 unspecified atom stereocenters. The second-order valence-electron chi connectivity index (χ2n) is 3.46. The number of aliphatic hydroxyl groups excluding tert-OH is 1. The minimum Gasteiger partial charge on any atom is -0.393 e. The third-order valence-electron chi connectivity index (χ3n) is 2.87. The number of hydrogen-bond donors (Lipinski definition) is 2. The van der Waals surface area contributed by atoms with Crippen LogP contribution in [0.25, 0.3) is 0 Å². The zero-order valence-corrected chi connectivity index (χ0v) is 5.46. The van der Waals surface area contributed by atoms with Gasteiger partial charge in [-0.3, -0.25) is 0 Å². The quantitative estimate of drug-likeness (QED) is 0.485. The molecule has 2 heteroatoms. The van der Waals surface area contributed by atoms with E-state index in [1.807, 2.05) is 0 Å². The summed E-state index contributed by atoms with van der Waals surface area (Å²) in [6.07, 6.45) is 3.19. The standard InChI is InChI=1S/C7H13NO/c8-6-2-5-1-4(6)3-7(5)9/h4-7,9H,1-3,8H2/t4-,5+,6+,7-/m0/s1. The fourth-order valence-electron chi connectivity index (χ4n) is 2.29. The molecule has 0 heterocycles. The van der Waals surface area contributed by atoms with Crippen LogP contribution in [0.2, 0.25) is 0 Å². The minimum atomic E-state index is -0.0187. The number of fused-ring (bicyclic) bond motifs is 2. The Morgan fingerprint density at radius 1 is 1.11 bits per heavy atom. The molecule has 0 saturated heterocycles. The lowest BCUT2D eigenvalue weighted by molar-refractivity contribution is 0.108. The lowest BCUT2D eigenvalue weighted by atomic mass is 9.94. The average Bonchev–Trinajstić information content (AvgIpc) is 2.24. The van der Waals surface area contributed by atoms with Gasteiger partial charge in [0.05, 0.1) is 6.10 Å². The van der Waals surface area contributed by atoms with Crippen LogP contribution in [0.3, 0.4) is 0 Å². The van der Waals surface area contributed by atoms with Crippen LogP contribution in [-0.4, -0.2) is 17.3 Å². The Morgan fingerprint density at radius 3 is 2.22 bits per heavy atom. The Balaban J connectivity index is 2.10. The maximum Gasteiger partial charge on any atom is 0.0572 e. The maximum atomic E-state index is 9.28. The molecule has 0 aliphatic heterocycles. The molecule has 4 atom stereocenters. The van der Waals surface area contributed by atoms with Gasteiger partial charge in [-0.05, 0) is 31.1 Å². The molecule has 2 bridgehead atoms. The Morgan fingerprint density at radius 2 is 1.89 bits per heavy atom. The van der Waals surface area contributed by atoms with Gasteiger partial charge < -0.3 is 10.8 Å². The highest BCUT2D eigenvalue weighted by atomic mass is 16.3. The van der Waals surface area contributed by atoms with E-state index in [2.05, 4.69) is 0 Å². The molecule has 3 N–H and O–H groups in total. The normalized spacial score (nSPS) is 56.7. The summed E-state index contributed by atoms with van der Waals surface area (Å²) in [6, 6.07) is 0.401. The van der Waals surface area contributed by atoms with Gasteiger partial charge in [0.1, 0.15) is 0 Å². The van der Waals surface area contributed by atoms with Crippen LogP contribution in [0.4, 0.5) is 0 Å². The molecule has 0 radical (unpaired) electrons. The number of aliphatic hydroxyl groups is 1. The van der Waals surface area contributed by atoms with Crippen molar-refractivity contribution in [3.63, 3.8) is 0 Å². The van der Waals surface area contributed by atoms with Crippen molar-refractivity contribution in [3.8, 4) is 0 Å². The molecule has 9 heavy (non-hydrogen) atoms. The first kappa shape index (κ1) is 5.69. The van der Waals surface area contributed by atoms with Crippen molar-refractivity contribution in [2.24, 2.45) is 17.6 Å². The van der Waals surface area contributed by atoms with Gasteiger partial charge in [-0.25, -0.2) is 0 Å². The summed E-state index contributed by atoms with van der Waals surface area (Å²) in [6.45, 7) is 0. The molecule has 2 rings (SSSR count). The van der Waals surface area contributed by atoms with Crippen LogP contribution in [-0.2, 0) is 0 Å². The van der Waals surface area contributed by atoms with Crippen molar-refractivity contribution in [1.29, 1.82) is 0 Å². The molecule has 2 aliphatic rings. The van der Waals surface area contributed by atoms with Gasteiger partial charge in [0.2, 0.25) is 0 Å². The summed E-state index contributed by atoms with van der Waals surface area (Å²) in [5.41, 5.74) is 5.77. The maximum absolute atomic E-state index is 9.28. The van der Waals surface area contributed by atoms with E-state index < -0.39 is 0 Å². The minimum absolute atomic E-state index is 0.0187. The predicted molar refractivity (Wildman–Crippen MR) is 34.8 cm³/mol. The zero-order valence-electron chi connectivity index (χ0n) is 5.46. The van der Waals surface area contributed by atoms with Crippen LogP contribution in [0, 0.1) is 11.8 Å². The van der Waals surface area contributed by atoms with E-state index in [1.165, 1.54) is 6.42 Å². The van der Waals surface area contributed by atoms with Crippen LogP contribution >= 0.6 is 0 Å². The van der Waals surface area contributed by atoms with Crippen LogP contribution in [0.5, 0.6) is 0 Å². The fraction of sp³-hybridized carbons (Fsp3) is 1.00. The highest BCUT2D eigenvalue weighted by Crippen LogP contribution is 2.43. The molecule has 0 aromatic rings. The monoisotopic (exact) mass is 127 g/mol. The molecule has 0 aromatic carbocycles. The number of nitrogens with two attached hydrogens (primary N) is 1. The SMILES string of the molecule is N[C@@H]1C[C@H]2C[C@H]1C[C@@H]2O. The summed E-state index contributed by atoms with van der Waals surface area (Å²) < 4.78 is 0. The van der Waals surface area contributed by atoms with Gasteiger partial charge in [0, 0.05) is 6.04 Å². The van der Waals surface area contributed by atoms with Gasteiger partial charge in [-0.1, -0.05) is 0 Å². The second kappa shape index (κ2) is 1.70. The van der Waals surface area contributed by atoms with Crippen molar-refractivity contribution >= 4 is 0 Å². The Labute approximate surface area is 55.1 Å². The van der Waals surface area contributed by atoms with Gasteiger partial charge in [-0.2, -0.15) is 0 Å². The molecular weight excluding hydrogens is 114 g/mol. The summed E-state index contributed by atoms with van der Waals surface area (Å²) >= 11 is 0. The molecule has 2 fully saturated rings. The van der Waals surface area contributed by atoms with E-state index in [0.29, 0.717) is 17.9 Å². The molecule has 2 nitrogen and oxygen atoms in total. The van der Waals surface area contributed by atoms with Gasteiger partial charge in [-0.15, -0.1) is 0 Å².